The molecule has 0 aliphatic heterocycles. The van der Waals surface area contributed by atoms with E-state index in [1.165, 1.54) is 0 Å². The number of amides is 1. The van der Waals surface area contributed by atoms with Crippen LogP contribution in [0.25, 0.3) is 0 Å². The van der Waals surface area contributed by atoms with Gasteiger partial charge in [-0.3, -0.25) is 9.59 Å². The molecule has 23 heavy (non-hydrogen) atoms. The fraction of sp³-hybridized carbons (Fsp3) is 0.389. The molecule has 0 fully saturated rings. The summed E-state index contributed by atoms with van der Waals surface area (Å²) in [5.74, 6) is -3.36. The van der Waals surface area contributed by atoms with Crippen LogP contribution in [0.1, 0.15) is 37.0 Å². The zero-order valence-corrected chi connectivity index (χ0v) is 13.3. The lowest BCUT2D eigenvalue weighted by Gasteiger charge is -2.32. The van der Waals surface area contributed by atoms with E-state index in [1.54, 1.807) is 30.3 Å². The van der Waals surface area contributed by atoms with E-state index in [2.05, 4.69) is 5.32 Å². The average molecular weight is 314 g/mol. The molecule has 0 bridgehead atoms. The van der Waals surface area contributed by atoms with Gasteiger partial charge in [0.1, 0.15) is 0 Å². The smallest absolute Gasteiger partial charge is 0.224 e. The summed E-state index contributed by atoms with van der Waals surface area (Å²) in [6.45, 7) is 3.63. The molecule has 0 saturated heterocycles. The number of carboxylic acid groups (broad SMARTS) is 1. The van der Waals surface area contributed by atoms with Crippen molar-refractivity contribution < 1.29 is 19.5 Å². The van der Waals surface area contributed by atoms with Crippen LogP contribution in [0.2, 0.25) is 0 Å². The molecule has 1 aromatic rings. The number of carbonyl (C=O) groups is 3. The molecule has 122 valence electrons. The van der Waals surface area contributed by atoms with Crippen molar-refractivity contribution in [3.63, 3.8) is 0 Å². The van der Waals surface area contributed by atoms with Crippen LogP contribution >= 0.6 is 0 Å². The normalized spacial score (nSPS) is 21.0. The lowest BCUT2D eigenvalue weighted by atomic mass is 9.76. The first kappa shape index (κ1) is 16.9. The molecule has 0 spiro atoms. The number of hydrogen-bond donors (Lipinski definition) is 1. The Kier molecular flexibility index (Phi) is 5.32. The van der Waals surface area contributed by atoms with Gasteiger partial charge in [0.15, 0.2) is 5.78 Å². The Morgan fingerprint density at radius 1 is 1.04 bits per heavy atom. The second-order valence-corrected chi connectivity index (χ2v) is 6.01. The quantitative estimate of drug-likeness (QED) is 0.651. The number of ketones is 1. The number of carbonyl (C=O) groups excluding carboxylic acids is 3. The van der Waals surface area contributed by atoms with Crippen molar-refractivity contribution in [1.29, 1.82) is 0 Å². The molecular weight excluding hydrogens is 294 g/mol. The first-order valence-corrected chi connectivity index (χ1v) is 7.62. The number of carboxylic acids is 1. The molecule has 0 saturated carbocycles. The van der Waals surface area contributed by atoms with Crippen molar-refractivity contribution in [2.24, 2.45) is 11.8 Å². The van der Waals surface area contributed by atoms with Gasteiger partial charge in [0, 0.05) is 23.4 Å². The lowest BCUT2D eigenvalue weighted by molar-refractivity contribution is -0.313. The van der Waals surface area contributed by atoms with Crippen LogP contribution in [-0.2, 0) is 9.59 Å². The number of Topliss-reactive ketones (excluding diaryl/α,β-unsaturated/α-hetero) is 1. The minimum atomic E-state index is -1.22. The van der Waals surface area contributed by atoms with Crippen molar-refractivity contribution in [1.82, 2.24) is 5.32 Å². The maximum atomic E-state index is 12.3. The minimum Gasteiger partial charge on any atom is -0.550 e. The van der Waals surface area contributed by atoms with Gasteiger partial charge in [0.05, 0.1) is 6.54 Å². The number of benzene rings is 1. The molecule has 1 aliphatic rings. The maximum absolute atomic E-state index is 12.3. The molecule has 5 nitrogen and oxygen atoms in total. The summed E-state index contributed by atoms with van der Waals surface area (Å²) >= 11 is 0. The Labute approximate surface area is 135 Å². The van der Waals surface area contributed by atoms with Crippen LogP contribution < -0.4 is 10.4 Å². The summed E-state index contributed by atoms with van der Waals surface area (Å²) in [6.07, 6.45) is 0.703. The Hall–Kier alpha value is -2.43. The summed E-state index contributed by atoms with van der Waals surface area (Å²) in [4.78, 5) is 35.6. The maximum Gasteiger partial charge on any atom is 0.224 e. The van der Waals surface area contributed by atoms with E-state index >= 15 is 0 Å². The van der Waals surface area contributed by atoms with Gasteiger partial charge >= 0.3 is 0 Å². The summed E-state index contributed by atoms with van der Waals surface area (Å²) < 4.78 is 0. The highest BCUT2D eigenvalue weighted by atomic mass is 16.4. The Morgan fingerprint density at radius 2 is 1.61 bits per heavy atom. The second kappa shape index (κ2) is 7.22. The van der Waals surface area contributed by atoms with Gasteiger partial charge in [-0.25, -0.2) is 0 Å². The Morgan fingerprint density at radius 3 is 2.17 bits per heavy atom. The molecule has 1 aromatic carbocycles. The van der Waals surface area contributed by atoms with Gasteiger partial charge in [0.25, 0.3) is 0 Å². The highest BCUT2D eigenvalue weighted by Crippen LogP contribution is 2.33. The number of nitrogens with one attached hydrogen (secondary N) is 1. The predicted octanol–water partition coefficient (Wildman–Crippen LogP) is 1.10. The number of hydrogen-bond acceptors (Lipinski definition) is 4. The number of rotatable bonds is 5. The van der Waals surface area contributed by atoms with Gasteiger partial charge in [-0.1, -0.05) is 41.5 Å². The second-order valence-electron chi connectivity index (χ2n) is 6.01. The molecular formula is C18H20NO4-. The van der Waals surface area contributed by atoms with E-state index < -0.39 is 23.7 Å². The van der Waals surface area contributed by atoms with Crippen LogP contribution in [0.5, 0.6) is 0 Å². The van der Waals surface area contributed by atoms with Crippen molar-refractivity contribution in [2.45, 2.75) is 26.7 Å². The molecule has 1 aliphatic carbocycles. The summed E-state index contributed by atoms with van der Waals surface area (Å²) in [6, 6.07) is 8.66. The van der Waals surface area contributed by atoms with Crippen molar-refractivity contribution in [2.75, 3.05) is 6.54 Å². The fourth-order valence-electron chi connectivity index (χ4n) is 2.84. The Balaban J connectivity index is 2.02. The minimum absolute atomic E-state index is 0.138. The van der Waals surface area contributed by atoms with Crippen molar-refractivity contribution >= 4 is 17.7 Å². The number of allylic oxidation sites excluding steroid dienone is 2. The van der Waals surface area contributed by atoms with E-state index in [9.17, 15) is 19.5 Å². The molecule has 0 unspecified atom stereocenters. The topological polar surface area (TPSA) is 86.3 Å². The van der Waals surface area contributed by atoms with E-state index in [4.69, 9.17) is 0 Å². The zero-order valence-electron chi connectivity index (χ0n) is 13.3. The third-order valence-electron chi connectivity index (χ3n) is 4.42. The summed E-state index contributed by atoms with van der Waals surface area (Å²) in [5.41, 5.74) is 2.53. The SMILES string of the molecule is CC1=C(C)C[C@@H](C(=O)NCC(=O)c2ccccc2)[C@H](C(=O)[O-])C1. The zero-order chi connectivity index (χ0) is 17.0. The standard InChI is InChI=1S/C18H21NO4/c1-11-8-14(15(18(22)23)9-12(11)2)17(21)19-10-16(20)13-6-4-3-5-7-13/h3-7,14-15H,8-10H2,1-2H3,(H,19,21)(H,22,23)/p-1/t14-,15-/m1/s1. The van der Waals surface area contributed by atoms with E-state index in [-0.39, 0.29) is 12.3 Å². The first-order valence-electron chi connectivity index (χ1n) is 7.62. The third kappa shape index (κ3) is 4.06. The first-order chi connectivity index (χ1) is 10.9. The predicted molar refractivity (Wildman–Crippen MR) is 83.4 cm³/mol. The van der Waals surface area contributed by atoms with Crippen molar-refractivity contribution in [3.05, 3.63) is 47.0 Å². The summed E-state index contributed by atoms with van der Waals surface area (Å²) in [5, 5.41) is 13.9. The monoisotopic (exact) mass is 314 g/mol. The lowest BCUT2D eigenvalue weighted by Crippen LogP contribution is -2.45. The fourth-order valence-corrected chi connectivity index (χ4v) is 2.84. The van der Waals surface area contributed by atoms with Crippen LogP contribution in [-0.4, -0.2) is 24.2 Å². The molecule has 5 heteroatoms. The van der Waals surface area contributed by atoms with Crippen LogP contribution in [0.4, 0.5) is 0 Å². The molecule has 2 rings (SSSR count). The van der Waals surface area contributed by atoms with Gasteiger partial charge in [-0.15, -0.1) is 0 Å². The number of aliphatic carboxylic acids is 1. The van der Waals surface area contributed by atoms with Gasteiger partial charge < -0.3 is 15.2 Å². The highest BCUT2D eigenvalue weighted by molar-refractivity contribution is 5.99. The average Bonchev–Trinajstić information content (AvgIpc) is 2.55. The van der Waals surface area contributed by atoms with E-state index in [0.29, 0.717) is 18.4 Å². The van der Waals surface area contributed by atoms with Gasteiger partial charge in [-0.2, -0.15) is 0 Å². The molecule has 2 atom stereocenters. The highest BCUT2D eigenvalue weighted by Gasteiger charge is 2.33. The molecule has 0 radical (unpaired) electrons. The van der Waals surface area contributed by atoms with Crippen LogP contribution in [0, 0.1) is 11.8 Å². The Bertz CT molecular complexity index is 648. The van der Waals surface area contributed by atoms with Crippen LogP contribution in [0.15, 0.2) is 41.5 Å². The van der Waals surface area contributed by atoms with Gasteiger partial charge in [-0.05, 0) is 26.7 Å². The van der Waals surface area contributed by atoms with Gasteiger partial charge in [0.2, 0.25) is 5.91 Å². The molecule has 0 heterocycles. The van der Waals surface area contributed by atoms with Crippen molar-refractivity contribution in [3.8, 4) is 0 Å². The molecule has 1 amide bonds. The molecule has 0 aromatic heterocycles. The van der Waals surface area contributed by atoms with Crippen LogP contribution in [0.3, 0.4) is 0 Å². The summed E-state index contributed by atoms with van der Waals surface area (Å²) in [7, 11) is 0. The third-order valence-corrected chi connectivity index (χ3v) is 4.42. The van der Waals surface area contributed by atoms with E-state index in [1.807, 2.05) is 13.8 Å². The molecule has 1 N–H and O–H groups in total. The van der Waals surface area contributed by atoms with E-state index in [0.717, 1.165) is 11.1 Å². The largest absolute Gasteiger partial charge is 0.550 e.